The maximum atomic E-state index is 13.6. The normalized spacial score (nSPS) is 16.3. The number of hydrogen-bond acceptors (Lipinski definition) is 11. The van der Waals surface area contributed by atoms with Gasteiger partial charge in [-0.05, 0) is 45.9 Å². The average Bonchev–Trinajstić information content (AvgIpc) is 2.98. The number of carbonyl (C=O) groups is 2. The smallest absolute Gasteiger partial charge is 0.410 e. The zero-order chi connectivity index (χ0) is 31.0. The number of nitrogens with zero attached hydrogens (tertiary/aromatic N) is 7. The minimum absolute atomic E-state index is 0.221. The second-order valence-electron chi connectivity index (χ2n) is 11.7. The number of hydrogen-bond donors (Lipinski definition) is 0. The molecule has 12 nitrogen and oxygen atoms in total. The van der Waals surface area contributed by atoms with E-state index in [0.29, 0.717) is 82.2 Å². The van der Waals surface area contributed by atoms with E-state index < -0.39 is 11.6 Å². The summed E-state index contributed by atoms with van der Waals surface area (Å²) in [6.07, 6.45) is 3.38. The molecule has 2 fully saturated rings. The van der Waals surface area contributed by atoms with Crippen molar-refractivity contribution in [2.24, 2.45) is 0 Å². The van der Waals surface area contributed by atoms with Gasteiger partial charge >= 0.3 is 12.1 Å². The summed E-state index contributed by atoms with van der Waals surface area (Å²) in [6.45, 7) is 12.8. The number of ether oxygens (including phenoxy) is 3. The molecule has 43 heavy (non-hydrogen) atoms. The molecular weight excluding hydrogens is 550 g/mol. The Bertz CT molecular complexity index is 1250. The standard InChI is InChI=1S/C31H45N7O5/c1-7-42-28(39)26-25(13-14-34(5)6)32-29(36-19-21-41-22-20-36)33-27(26)38(24-11-9-8-10-12-24)23-35-15-17-37(18-16-35)30(40)43-31(2,3)4/h8-14H,7,15-23H2,1-6H3/b14-13+. The molecule has 0 radical (unpaired) electrons. The molecule has 2 aliphatic heterocycles. The quantitative estimate of drug-likeness (QED) is 0.397. The predicted octanol–water partition coefficient (Wildman–Crippen LogP) is 3.67. The lowest BCUT2D eigenvalue weighted by atomic mass is 10.1. The van der Waals surface area contributed by atoms with Crippen molar-refractivity contribution in [3.05, 3.63) is 47.8 Å². The van der Waals surface area contributed by atoms with E-state index in [1.165, 1.54) is 0 Å². The van der Waals surface area contributed by atoms with Gasteiger partial charge in [-0.3, -0.25) is 4.90 Å². The number of amides is 1. The highest BCUT2D eigenvalue weighted by Crippen LogP contribution is 2.32. The summed E-state index contributed by atoms with van der Waals surface area (Å²) in [5.74, 6) is 0.509. The SMILES string of the molecule is CCOC(=O)c1c(/C=C/N(C)C)nc(N2CCOCC2)nc1N(CN1CCN(C(=O)OC(C)(C)C)CC1)c1ccccc1. The van der Waals surface area contributed by atoms with Crippen LogP contribution in [0.25, 0.3) is 6.08 Å². The van der Waals surface area contributed by atoms with Gasteiger partial charge in [-0.15, -0.1) is 0 Å². The molecule has 0 spiro atoms. The number of para-hydroxylation sites is 1. The van der Waals surface area contributed by atoms with Crippen molar-refractivity contribution < 1.29 is 23.8 Å². The number of esters is 1. The van der Waals surface area contributed by atoms with Crippen LogP contribution in [0.15, 0.2) is 36.5 Å². The predicted molar refractivity (Wildman–Crippen MR) is 167 cm³/mol. The minimum Gasteiger partial charge on any atom is -0.462 e. The molecule has 3 heterocycles. The molecule has 234 valence electrons. The molecule has 12 heteroatoms. The monoisotopic (exact) mass is 595 g/mol. The van der Waals surface area contributed by atoms with Crippen LogP contribution in [0.1, 0.15) is 43.7 Å². The lowest BCUT2D eigenvalue weighted by molar-refractivity contribution is 0.0146. The van der Waals surface area contributed by atoms with Crippen molar-refractivity contribution in [3.63, 3.8) is 0 Å². The van der Waals surface area contributed by atoms with Crippen molar-refractivity contribution in [3.8, 4) is 0 Å². The third-order valence-corrected chi connectivity index (χ3v) is 6.90. The molecule has 1 aromatic carbocycles. The van der Waals surface area contributed by atoms with Gasteiger partial charge in [-0.2, -0.15) is 4.98 Å². The molecule has 2 aromatic rings. The molecule has 2 aliphatic rings. The van der Waals surface area contributed by atoms with E-state index in [1.807, 2.05) is 87.3 Å². The number of aromatic nitrogens is 2. The molecule has 0 saturated carbocycles. The van der Waals surface area contributed by atoms with Crippen molar-refractivity contribution in [2.75, 3.05) is 89.7 Å². The fourth-order valence-corrected chi connectivity index (χ4v) is 4.77. The van der Waals surface area contributed by atoms with Crippen LogP contribution < -0.4 is 9.80 Å². The fraction of sp³-hybridized carbons (Fsp3) is 0.548. The molecule has 1 aromatic heterocycles. The topological polar surface area (TPSA) is 104 Å². The molecule has 0 unspecified atom stereocenters. The first-order chi connectivity index (χ1) is 20.6. The third kappa shape index (κ3) is 8.80. The Morgan fingerprint density at radius 3 is 2.28 bits per heavy atom. The first-order valence-electron chi connectivity index (χ1n) is 14.8. The summed E-state index contributed by atoms with van der Waals surface area (Å²) in [5, 5.41) is 0. The average molecular weight is 596 g/mol. The van der Waals surface area contributed by atoms with E-state index in [4.69, 9.17) is 24.2 Å². The van der Waals surface area contributed by atoms with Gasteiger partial charge in [-0.25, -0.2) is 14.6 Å². The summed E-state index contributed by atoms with van der Waals surface area (Å²) in [7, 11) is 3.83. The number of morpholine rings is 1. The first-order valence-corrected chi connectivity index (χ1v) is 14.8. The Morgan fingerprint density at radius 2 is 1.67 bits per heavy atom. The maximum Gasteiger partial charge on any atom is 0.410 e. The highest BCUT2D eigenvalue weighted by atomic mass is 16.6. The Hall–Kier alpha value is -3.90. The zero-order valence-electron chi connectivity index (χ0n) is 26.3. The van der Waals surface area contributed by atoms with E-state index in [1.54, 1.807) is 11.8 Å². The first kappa shape index (κ1) is 32.0. The summed E-state index contributed by atoms with van der Waals surface area (Å²) >= 11 is 0. The van der Waals surface area contributed by atoms with E-state index in [-0.39, 0.29) is 12.7 Å². The lowest BCUT2D eigenvalue weighted by Gasteiger charge is -2.38. The van der Waals surface area contributed by atoms with Crippen LogP contribution in [0.5, 0.6) is 0 Å². The molecule has 0 N–H and O–H groups in total. The Labute approximate surface area is 254 Å². The summed E-state index contributed by atoms with van der Waals surface area (Å²) in [6, 6.07) is 9.88. The summed E-state index contributed by atoms with van der Waals surface area (Å²) < 4.78 is 16.7. The zero-order valence-corrected chi connectivity index (χ0v) is 26.3. The van der Waals surface area contributed by atoms with Crippen LogP contribution in [-0.4, -0.2) is 122 Å². The second kappa shape index (κ2) is 14.5. The molecular formula is C31H45N7O5. The third-order valence-electron chi connectivity index (χ3n) is 6.90. The lowest BCUT2D eigenvalue weighted by Crippen LogP contribution is -2.52. The van der Waals surface area contributed by atoms with E-state index in [2.05, 4.69) is 9.80 Å². The largest absolute Gasteiger partial charge is 0.462 e. The van der Waals surface area contributed by atoms with Gasteiger partial charge in [0.05, 0.1) is 32.2 Å². The number of benzene rings is 1. The van der Waals surface area contributed by atoms with Crippen LogP contribution in [0.2, 0.25) is 0 Å². The van der Waals surface area contributed by atoms with Gasteiger partial charge in [0.1, 0.15) is 11.2 Å². The van der Waals surface area contributed by atoms with Crippen LogP contribution in [0, 0.1) is 0 Å². The second-order valence-corrected chi connectivity index (χ2v) is 11.7. The minimum atomic E-state index is -0.550. The summed E-state index contributed by atoms with van der Waals surface area (Å²) in [5.41, 5.74) is 1.10. The van der Waals surface area contributed by atoms with Crippen molar-refractivity contribution in [1.29, 1.82) is 0 Å². The van der Waals surface area contributed by atoms with E-state index in [9.17, 15) is 9.59 Å². The fourth-order valence-electron chi connectivity index (χ4n) is 4.77. The summed E-state index contributed by atoms with van der Waals surface area (Å²) in [4.78, 5) is 46.2. The van der Waals surface area contributed by atoms with Crippen molar-refractivity contribution >= 4 is 35.6 Å². The van der Waals surface area contributed by atoms with Crippen LogP contribution in [-0.2, 0) is 14.2 Å². The van der Waals surface area contributed by atoms with Gasteiger partial charge in [-0.1, -0.05) is 18.2 Å². The van der Waals surface area contributed by atoms with Gasteiger partial charge in [0, 0.05) is 65.3 Å². The van der Waals surface area contributed by atoms with Gasteiger partial charge < -0.3 is 33.8 Å². The number of anilines is 3. The molecule has 1 amide bonds. The van der Waals surface area contributed by atoms with E-state index in [0.717, 1.165) is 5.69 Å². The number of rotatable bonds is 9. The highest BCUT2D eigenvalue weighted by molar-refractivity contribution is 5.99. The van der Waals surface area contributed by atoms with Crippen LogP contribution in [0.3, 0.4) is 0 Å². The van der Waals surface area contributed by atoms with E-state index >= 15 is 0 Å². The number of piperazine rings is 1. The molecule has 4 rings (SSSR count). The van der Waals surface area contributed by atoms with Gasteiger partial charge in [0.15, 0.2) is 5.82 Å². The molecule has 2 saturated heterocycles. The Morgan fingerprint density at radius 1 is 1.00 bits per heavy atom. The molecule has 0 aliphatic carbocycles. The highest BCUT2D eigenvalue weighted by Gasteiger charge is 2.31. The Kier molecular flexibility index (Phi) is 10.8. The number of carbonyl (C=O) groups excluding carboxylic acids is 2. The molecule has 0 bridgehead atoms. The van der Waals surface area contributed by atoms with Crippen LogP contribution >= 0.6 is 0 Å². The van der Waals surface area contributed by atoms with Crippen molar-refractivity contribution in [1.82, 2.24) is 24.7 Å². The van der Waals surface area contributed by atoms with Gasteiger partial charge in [0.2, 0.25) is 5.95 Å². The van der Waals surface area contributed by atoms with Gasteiger partial charge in [0.25, 0.3) is 0 Å². The van der Waals surface area contributed by atoms with Crippen molar-refractivity contribution in [2.45, 2.75) is 33.3 Å². The van der Waals surface area contributed by atoms with Crippen LogP contribution in [0.4, 0.5) is 22.2 Å². The molecule has 0 atom stereocenters. The Balaban J connectivity index is 1.75. The maximum absolute atomic E-state index is 13.6.